The summed E-state index contributed by atoms with van der Waals surface area (Å²) in [6, 6.07) is 11.6. The zero-order valence-electron chi connectivity index (χ0n) is 15.3. The number of amides is 1. The highest BCUT2D eigenvalue weighted by atomic mass is 35.5. The minimum absolute atomic E-state index is 0.145. The quantitative estimate of drug-likeness (QED) is 0.410. The summed E-state index contributed by atoms with van der Waals surface area (Å²) in [7, 11) is -3.67. The van der Waals surface area contributed by atoms with E-state index in [0.717, 1.165) is 11.8 Å². The van der Waals surface area contributed by atoms with Gasteiger partial charge in [-0.25, -0.2) is 13.9 Å². The molecule has 0 atom stereocenters. The van der Waals surface area contributed by atoms with Crippen molar-refractivity contribution >= 4 is 50.9 Å². The normalized spacial score (nSPS) is 15.6. The lowest BCUT2D eigenvalue weighted by molar-refractivity contribution is -0.124. The van der Waals surface area contributed by atoms with Crippen LogP contribution in [0, 0.1) is 0 Å². The standard InChI is InChI=1S/C19H19Cl2N3O4S/c20-17-6-5-15(13-18(17)21)23-8-10-24(11-9-23)29(27,28)16-3-1-2-14(12-16)4-7-19(25)22-26/h1-7,12-13,26H,8-11H2,(H,22,25). The molecular weight excluding hydrogens is 437 g/mol. The zero-order valence-corrected chi connectivity index (χ0v) is 17.6. The van der Waals surface area contributed by atoms with E-state index in [1.165, 1.54) is 28.0 Å². The second-order valence-corrected chi connectivity index (χ2v) is 9.12. The summed E-state index contributed by atoms with van der Waals surface area (Å²) in [5.74, 6) is -0.698. The number of sulfonamides is 1. The number of halogens is 2. The fourth-order valence-electron chi connectivity index (χ4n) is 3.01. The molecule has 0 saturated carbocycles. The number of nitrogens with one attached hydrogen (secondary N) is 1. The van der Waals surface area contributed by atoms with E-state index in [1.807, 2.05) is 6.07 Å². The van der Waals surface area contributed by atoms with Crippen molar-refractivity contribution in [2.45, 2.75) is 4.90 Å². The maximum Gasteiger partial charge on any atom is 0.267 e. The molecule has 3 rings (SSSR count). The van der Waals surface area contributed by atoms with Crippen LogP contribution in [-0.4, -0.2) is 50.0 Å². The molecule has 0 aromatic heterocycles. The Kier molecular flexibility index (Phi) is 6.81. The third-order valence-corrected chi connectivity index (χ3v) is 7.17. The number of piperazine rings is 1. The van der Waals surface area contributed by atoms with Crippen LogP contribution in [0.25, 0.3) is 6.08 Å². The molecule has 1 aliphatic rings. The Morgan fingerprint density at radius 3 is 2.41 bits per heavy atom. The molecule has 0 aliphatic carbocycles. The molecule has 10 heteroatoms. The first-order valence-electron chi connectivity index (χ1n) is 8.73. The van der Waals surface area contributed by atoms with Crippen molar-refractivity contribution in [3.63, 3.8) is 0 Å². The Bertz CT molecular complexity index is 1040. The first kappa shape index (κ1) is 21.6. The molecule has 0 radical (unpaired) electrons. The van der Waals surface area contributed by atoms with Crippen molar-refractivity contribution in [2.75, 3.05) is 31.1 Å². The molecule has 1 aliphatic heterocycles. The number of anilines is 1. The van der Waals surface area contributed by atoms with Crippen LogP contribution in [0.5, 0.6) is 0 Å². The number of hydrogen-bond acceptors (Lipinski definition) is 5. The Morgan fingerprint density at radius 2 is 1.76 bits per heavy atom. The monoisotopic (exact) mass is 455 g/mol. The smallest absolute Gasteiger partial charge is 0.267 e. The lowest BCUT2D eigenvalue weighted by Gasteiger charge is -2.35. The van der Waals surface area contributed by atoms with Crippen molar-refractivity contribution in [3.05, 3.63) is 64.1 Å². The Balaban J connectivity index is 1.72. The molecule has 1 amide bonds. The van der Waals surface area contributed by atoms with E-state index in [9.17, 15) is 13.2 Å². The fraction of sp³-hybridized carbons (Fsp3) is 0.211. The minimum Gasteiger partial charge on any atom is -0.369 e. The largest absolute Gasteiger partial charge is 0.369 e. The molecule has 7 nitrogen and oxygen atoms in total. The van der Waals surface area contributed by atoms with Gasteiger partial charge in [-0.3, -0.25) is 10.0 Å². The minimum atomic E-state index is -3.67. The molecule has 1 heterocycles. The highest BCUT2D eigenvalue weighted by Crippen LogP contribution is 2.28. The van der Waals surface area contributed by atoms with Crippen molar-refractivity contribution in [3.8, 4) is 0 Å². The van der Waals surface area contributed by atoms with E-state index < -0.39 is 15.9 Å². The average Bonchev–Trinajstić information content (AvgIpc) is 2.74. The number of rotatable bonds is 5. The summed E-state index contributed by atoms with van der Waals surface area (Å²) in [6.45, 7) is 1.70. The Hall–Kier alpha value is -2.10. The second kappa shape index (κ2) is 9.15. The molecule has 1 saturated heterocycles. The van der Waals surface area contributed by atoms with E-state index in [-0.39, 0.29) is 4.90 Å². The van der Waals surface area contributed by atoms with Crippen LogP contribution in [0.1, 0.15) is 5.56 Å². The van der Waals surface area contributed by atoms with Crippen LogP contribution < -0.4 is 10.4 Å². The molecule has 0 unspecified atom stereocenters. The van der Waals surface area contributed by atoms with Crippen LogP contribution in [0.4, 0.5) is 5.69 Å². The van der Waals surface area contributed by atoms with Crippen molar-refractivity contribution in [1.82, 2.24) is 9.79 Å². The predicted molar refractivity (Wildman–Crippen MR) is 113 cm³/mol. The van der Waals surface area contributed by atoms with Gasteiger partial charge in [0.25, 0.3) is 5.91 Å². The average molecular weight is 456 g/mol. The summed E-state index contributed by atoms with van der Waals surface area (Å²) >= 11 is 12.0. The van der Waals surface area contributed by atoms with Crippen LogP contribution >= 0.6 is 23.2 Å². The topological polar surface area (TPSA) is 90.0 Å². The highest BCUT2D eigenvalue weighted by Gasteiger charge is 2.28. The third-order valence-electron chi connectivity index (χ3n) is 4.54. The molecule has 2 aromatic rings. The summed E-state index contributed by atoms with van der Waals surface area (Å²) in [5.41, 5.74) is 2.91. The SMILES string of the molecule is O=C(C=Cc1cccc(S(=O)(=O)N2CCN(c3ccc(Cl)c(Cl)c3)CC2)c1)NO. The Labute approximate surface area is 179 Å². The molecule has 0 bridgehead atoms. The van der Waals surface area contributed by atoms with Crippen LogP contribution in [0.3, 0.4) is 0 Å². The molecule has 2 N–H and O–H groups in total. The maximum absolute atomic E-state index is 13.0. The number of nitrogens with zero attached hydrogens (tertiary/aromatic N) is 2. The van der Waals surface area contributed by atoms with Crippen molar-refractivity contribution in [1.29, 1.82) is 0 Å². The van der Waals surface area contributed by atoms with E-state index in [2.05, 4.69) is 4.90 Å². The highest BCUT2D eigenvalue weighted by molar-refractivity contribution is 7.89. The van der Waals surface area contributed by atoms with Gasteiger partial charge in [0, 0.05) is 37.9 Å². The number of carbonyl (C=O) groups is 1. The van der Waals surface area contributed by atoms with Crippen LogP contribution in [-0.2, 0) is 14.8 Å². The van der Waals surface area contributed by atoms with Gasteiger partial charge in [0.15, 0.2) is 0 Å². The van der Waals surface area contributed by atoms with Gasteiger partial charge in [-0.05, 0) is 42.0 Å². The summed E-state index contributed by atoms with van der Waals surface area (Å²) in [6.07, 6.45) is 2.54. The molecular formula is C19H19Cl2N3O4S. The third kappa shape index (κ3) is 5.09. The maximum atomic E-state index is 13.0. The number of hydrogen-bond donors (Lipinski definition) is 2. The van der Waals surface area contributed by atoms with Gasteiger partial charge in [-0.15, -0.1) is 0 Å². The van der Waals surface area contributed by atoms with Gasteiger partial charge in [0.1, 0.15) is 0 Å². The number of carbonyl (C=O) groups excluding carboxylic acids is 1. The predicted octanol–water partition coefficient (Wildman–Crippen LogP) is 3.02. The molecule has 2 aromatic carbocycles. The lowest BCUT2D eigenvalue weighted by atomic mass is 10.2. The first-order valence-corrected chi connectivity index (χ1v) is 10.9. The van der Waals surface area contributed by atoms with E-state index in [0.29, 0.717) is 41.8 Å². The van der Waals surface area contributed by atoms with Crippen molar-refractivity contribution in [2.24, 2.45) is 0 Å². The summed E-state index contributed by atoms with van der Waals surface area (Å²) < 4.78 is 27.4. The Morgan fingerprint density at radius 1 is 1.03 bits per heavy atom. The molecule has 154 valence electrons. The van der Waals surface area contributed by atoms with Gasteiger partial charge in [0.2, 0.25) is 10.0 Å². The fourth-order valence-corrected chi connectivity index (χ4v) is 4.78. The van der Waals surface area contributed by atoms with E-state index in [1.54, 1.807) is 24.3 Å². The van der Waals surface area contributed by atoms with Gasteiger partial charge >= 0.3 is 0 Å². The van der Waals surface area contributed by atoms with Crippen molar-refractivity contribution < 1.29 is 18.4 Å². The molecule has 29 heavy (non-hydrogen) atoms. The van der Waals surface area contributed by atoms with E-state index >= 15 is 0 Å². The summed E-state index contributed by atoms with van der Waals surface area (Å²) in [5, 5.41) is 9.46. The first-order chi connectivity index (χ1) is 13.8. The van der Waals surface area contributed by atoms with Crippen LogP contribution in [0.15, 0.2) is 53.4 Å². The molecule has 1 fully saturated rings. The van der Waals surface area contributed by atoms with Gasteiger partial charge in [0.05, 0.1) is 14.9 Å². The summed E-state index contributed by atoms with van der Waals surface area (Å²) in [4.78, 5) is 13.3. The number of hydroxylamine groups is 1. The van der Waals surface area contributed by atoms with Gasteiger partial charge in [-0.1, -0.05) is 35.3 Å². The van der Waals surface area contributed by atoms with Gasteiger partial charge < -0.3 is 4.90 Å². The second-order valence-electron chi connectivity index (χ2n) is 6.37. The van der Waals surface area contributed by atoms with Gasteiger partial charge in [-0.2, -0.15) is 4.31 Å². The van der Waals surface area contributed by atoms with Crippen LogP contribution in [0.2, 0.25) is 10.0 Å². The zero-order chi connectivity index (χ0) is 21.0. The number of benzene rings is 2. The lowest BCUT2D eigenvalue weighted by Crippen LogP contribution is -2.48. The molecule has 0 spiro atoms. The van der Waals surface area contributed by atoms with E-state index in [4.69, 9.17) is 28.4 Å².